The zero-order chi connectivity index (χ0) is 13.2. The molecule has 0 saturated carbocycles. The summed E-state index contributed by atoms with van der Waals surface area (Å²) in [6, 6.07) is 4.02. The summed E-state index contributed by atoms with van der Waals surface area (Å²) in [4.78, 5) is 0. The van der Waals surface area contributed by atoms with Gasteiger partial charge in [-0.3, -0.25) is 0 Å². The molecule has 1 aromatic heterocycles. The van der Waals surface area contributed by atoms with E-state index in [4.69, 9.17) is 9.15 Å². The van der Waals surface area contributed by atoms with Crippen molar-refractivity contribution < 1.29 is 9.15 Å². The molecule has 2 heterocycles. The predicted molar refractivity (Wildman–Crippen MR) is 72.6 cm³/mol. The summed E-state index contributed by atoms with van der Waals surface area (Å²) < 4.78 is 11.3. The molecule has 3 nitrogen and oxygen atoms in total. The van der Waals surface area contributed by atoms with E-state index in [1.165, 1.54) is 0 Å². The molecular formula is C15H25NO2. The Morgan fingerprint density at radius 3 is 2.72 bits per heavy atom. The standard InChI is InChI=1S/C15H25NO2/c1-12-15(7-9-17-12,11-16-14(2,3)4)10-13-6-5-8-18-13/h5-6,8,12,16H,7,9-11H2,1-4H3. The van der Waals surface area contributed by atoms with Crippen molar-refractivity contribution in [2.75, 3.05) is 13.2 Å². The average Bonchev–Trinajstić information content (AvgIpc) is 2.87. The van der Waals surface area contributed by atoms with Crippen molar-refractivity contribution in [3.8, 4) is 0 Å². The molecule has 102 valence electrons. The van der Waals surface area contributed by atoms with Gasteiger partial charge in [-0.25, -0.2) is 0 Å². The molecule has 1 aliphatic rings. The Bertz CT molecular complexity index is 366. The Balaban J connectivity index is 2.08. The maximum atomic E-state index is 5.80. The van der Waals surface area contributed by atoms with Crippen molar-refractivity contribution >= 4 is 0 Å². The minimum absolute atomic E-state index is 0.137. The van der Waals surface area contributed by atoms with Gasteiger partial charge in [-0.15, -0.1) is 0 Å². The number of hydrogen-bond acceptors (Lipinski definition) is 3. The van der Waals surface area contributed by atoms with E-state index in [-0.39, 0.29) is 17.1 Å². The van der Waals surface area contributed by atoms with Gasteiger partial charge in [-0.1, -0.05) is 0 Å². The van der Waals surface area contributed by atoms with Crippen molar-refractivity contribution in [1.82, 2.24) is 5.32 Å². The van der Waals surface area contributed by atoms with Gasteiger partial charge in [-0.2, -0.15) is 0 Å². The van der Waals surface area contributed by atoms with Crippen LogP contribution in [0.5, 0.6) is 0 Å². The van der Waals surface area contributed by atoms with Crippen LogP contribution >= 0.6 is 0 Å². The second-order valence-corrected chi connectivity index (χ2v) is 6.49. The molecule has 3 heteroatoms. The van der Waals surface area contributed by atoms with E-state index in [0.29, 0.717) is 0 Å². The molecular weight excluding hydrogens is 226 g/mol. The Labute approximate surface area is 110 Å². The largest absolute Gasteiger partial charge is 0.469 e. The molecule has 2 rings (SSSR count). The van der Waals surface area contributed by atoms with Gasteiger partial charge < -0.3 is 14.5 Å². The van der Waals surface area contributed by atoms with Gasteiger partial charge in [0.1, 0.15) is 5.76 Å². The van der Waals surface area contributed by atoms with Crippen molar-refractivity contribution in [2.45, 2.75) is 52.2 Å². The first-order chi connectivity index (χ1) is 8.41. The second-order valence-electron chi connectivity index (χ2n) is 6.49. The van der Waals surface area contributed by atoms with Crippen LogP contribution in [0.2, 0.25) is 0 Å². The van der Waals surface area contributed by atoms with E-state index in [2.05, 4.69) is 39.1 Å². The zero-order valence-electron chi connectivity index (χ0n) is 12.0. The average molecular weight is 251 g/mol. The molecule has 2 unspecified atom stereocenters. The van der Waals surface area contributed by atoms with E-state index in [0.717, 1.165) is 31.8 Å². The van der Waals surface area contributed by atoms with Gasteiger partial charge >= 0.3 is 0 Å². The van der Waals surface area contributed by atoms with Crippen LogP contribution in [0.15, 0.2) is 22.8 Å². The van der Waals surface area contributed by atoms with E-state index in [1.807, 2.05) is 6.07 Å². The summed E-state index contributed by atoms with van der Waals surface area (Å²) in [7, 11) is 0. The summed E-state index contributed by atoms with van der Waals surface area (Å²) >= 11 is 0. The van der Waals surface area contributed by atoms with Crippen LogP contribution in [0.25, 0.3) is 0 Å². The molecule has 18 heavy (non-hydrogen) atoms. The third-order valence-corrected chi connectivity index (χ3v) is 3.91. The topological polar surface area (TPSA) is 34.4 Å². The van der Waals surface area contributed by atoms with Crippen LogP contribution in [0.4, 0.5) is 0 Å². The lowest BCUT2D eigenvalue weighted by Crippen LogP contribution is -2.47. The fourth-order valence-corrected chi connectivity index (χ4v) is 2.55. The summed E-state index contributed by atoms with van der Waals surface area (Å²) in [5.74, 6) is 1.06. The molecule has 0 spiro atoms. The fourth-order valence-electron chi connectivity index (χ4n) is 2.55. The number of rotatable bonds is 4. The minimum atomic E-state index is 0.137. The van der Waals surface area contributed by atoms with E-state index < -0.39 is 0 Å². The summed E-state index contributed by atoms with van der Waals surface area (Å²) in [5.41, 5.74) is 0.295. The molecule has 0 bridgehead atoms. The van der Waals surface area contributed by atoms with Crippen molar-refractivity contribution in [1.29, 1.82) is 0 Å². The van der Waals surface area contributed by atoms with Gasteiger partial charge in [0.05, 0.1) is 12.4 Å². The maximum Gasteiger partial charge on any atom is 0.104 e. The zero-order valence-corrected chi connectivity index (χ0v) is 12.0. The monoisotopic (exact) mass is 251 g/mol. The van der Waals surface area contributed by atoms with Crippen LogP contribution < -0.4 is 5.32 Å². The lowest BCUT2D eigenvalue weighted by Gasteiger charge is -2.35. The van der Waals surface area contributed by atoms with E-state index >= 15 is 0 Å². The van der Waals surface area contributed by atoms with Crippen molar-refractivity contribution in [3.05, 3.63) is 24.2 Å². The van der Waals surface area contributed by atoms with Gasteiger partial charge in [0.15, 0.2) is 0 Å². The molecule has 0 aliphatic carbocycles. The van der Waals surface area contributed by atoms with Crippen molar-refractivity contribution in [3.63, 3.8) is 0 Å². The highest BCUT2D eigenvalue weighted by Crippen LogP contribution is 2.38. The molecule has 1 fully saturated rings. The van der Waals surface area contributed by atoms with Crippen LogP contribution in [-0.2, 0) is 11.2 Å². The highest BCUT2D eigenvalue weighted by Gasteiger charge is 2.42. The molecule has 1 aliphatic heterocycles. The first kappa shape index (κ1) is 13.6. The first-order valence-electron chi connectivity index (χ1n) is 6.80. The normalized spacial score (nSPS) is 28.8. The lowest BCUT2D eigenvalue weighted by atomic mass is 9.77. The Hall–Kier alpha value is -0.800. The van der Waals surface area contributed by atoms with Gasteiger partial charge in [0.25, 0.3) is 0 Å². The van der Waals surface area contributed by atoms with Crippen LogP contribution in [-0.4, -0.2) is 24.8 Å². The number of ether oxygens (including phenoxy) is 1. The number of furan rings is 1. The van der Waals surface area contributed by atoms with Crippen molar-refractivity contribution in [2.24, 2.45) is 5.41 Å². The summed E-state index contributed by atoms with van der Waals surface area (Å²) in [6.45, 7) is 10.6. The Morgan fingerprint density at radius 2 is 2.22 bits per heavy atom. The number of hydrogen-bond donors (Lipinski definition) is 1. The quantitative estimate of drug-likeness (QED) is 0.893. The third-order valence-electron chi connectivity index (χ3n) is 3.91. The fraction of sp³-hybridized carbons (Fsp3) is 0.733. The molecule has 0 amide bonds. The third kappa shape index (κ3) is 3.15. The van der Waals surface area contributed by atoms with E-state index in [1.54, 1.807) is 6.26 Å². The maximum absolute atomic E-state index is 5.80. The first-order valence-corrected chi connectivity index (χ1v) is 6.80. The smallest absolute Gasteiger partial charge is 0.104 e. The molecule has 1 aromatic rings. The van der Waals surface area contributed by atoms with Gasteiger partial charge in [0, 0.05) is 30.5 Å². The molecule has 1 N–H and O–H groups in total. The molecule has 2 atom stereocenters. The van der Waals surface area contributed by atoms with Crippen LogP contribution in [0, 0.1) is 5.41 Å². The van der Waals surface area contributed by atoms with Crippen LogP contribution in [0.3, 0.4) is 0 Å². The SMILES string of the molecule is CC1OCCC1(CNC(C)(C)C)Cc1ccco1. The van der Waals surface area contributed by atoms with Gasteiger partial charge in [0.2, 0.25) is 0 Å². The predicted octanol–water partition coefficient (Wildman–Crippen LogP) is 3.01. The molecule has 1 saturated heterocycles. The Kier molecular flexibility index (Phi) is 3.83. The Morgan fingerprint density at radius 1 is 1.44 bits per heavy atom. The second kappa shape index (κ2) is 5.06. The molecule has 0 aromatic carbocycles. The summed E-state index contributed by atoms with van der Waals surface area (Å²) in [6.07, 6.45) is 4.07. The van der Waals surface area contributed by atoms with E-state index in [9.17, 15) is 0 Å². The highest BCUT2D eigenvalue weighted by atomic mass is 16.5. The minimum Gasteiger partial charge on any atom is -0.469 e. The summed E-state index contributed by atoms with van der Waals surface area (Å²) in [5, 5.41) is 3.63. The lowest BCUT2D eigenvalue weighted by molar-refractivity contribution is 0.0571. The van der Waals surface area contributed by atoms with Crippen LogP contribution in [0.1, 0.15) is 39.9 Å². The highest BCUT2D eigenvalue weighted by molar-refractivity contribution is 5.06. The van der Waals surface area contributed by atoms with Gasteiger partial charge in [-0.05, 0) is 46.2 Å². The number of nitrogens with one attached hydrogen (secondary N) is 1. The molecule has 0 radical (unpaired) electrons.